The molecule has 0 radical (unpaired) electrons. The fourth-order valence-electron chi connectivity index (χ4n) is 2.74. The Balaban J connectivity index is 1.77. The summed E-state index contributed by atoms with van der Waals surface area (Å²) in [6.45, 7) is 2.42. The lowest BCUT2D eigenvalue weighted by molar-refractivity contribution is 0.131. The molecule has 0 aliphatic carbocycles. The molecule has 3 heterocycles. The Morgan fingerprint density at radius 2 is 2.35 bits per heavy atom. The summed E-state index contributed by atoms with van der Waals surface area (Å²) >= 11 is 0. The Morgan fingerprint density at radius 1 is 1.47 bits per heavy atom. The number of furan rings is 1. The zero-order valence-corrected chi connectivity index (χ0v) is 10.3. The third kappa shape index (κ3) is 2.25. The molecule has 2 unspecified atom stereocenters. The Kier molecular flexibility index (Phi) is 2.72. The quantitative estimate of drug-likeness (QED) is 0.797. The van der Waals surface area contributed by atoms with E-state index in [-0.39, 0.29) is 23.6 Å². The first-order valence-electron chi connectivity index (χ1n) is 5.84. The lowest BCUT2D eigenvalue weighted by Gasteiger charge is -2.36. The van der Waals surface area contributed by atoms with E-state index in [0.29, 0.717) is 6.54 Å². The molecule has 0 aromatic carbocycles. The molecule has 3 rings (SSSR count). The van der Waals surface area contributed by atoms with Crippen LogP contribution in [0.15, 0.2) is 22.8 Å². The molecule has 1 aromatic heterocycles. The molecule has 2 atom stereocenters. The summed E-state index contributed by atoms with van der Waals surface area (Å²) in [5.74, 6) is 1.44. The topological polar surface area (TPSA) is 62.6 Å². The molecule has 0 bridgehead atoms. The van der Waals surface area contributed by atoms with Crippen molar-refractivity contribution >= 4 is 9.84 Å². The number of hydrogen-bond donors (Lipinski definition) is 1. The van der Waals surface area contributed by atoms with E-state index in [2.05, 4.69) is 10.2 Å². The minimum atomic E-state index is -2.88. The zero-order chi connectivity index (χ0) is 11.9. The Hall–Kier alpha value is -0.850. The summed E-state index contributed by atoms with van der Waals surface area (Å²) < 4.78 is 28.6. The van der Waals surface area contributed by atoms with Gasteiger partial charge in [-0.2, -0.15) is 0 Å². The van der Waals surface area contributed by atoms with E-state index in [9.17, 15) is 8.42 Å². The number of piperazine rings is 1. The highest BCUT2D eigenvalue weighted by molar-refractivity contribution is 7.91. The molecular formula is C11H16N2O3S. The summed E-state index contributed by atoms with van der Waals surface area (Å²) in [6, 6.07) is 3.98. The molecule has 1 aromatic rings. The average Bonchev–Trinajstić information content (AvgIpc) is 2.84. The van der Waals surface area contributed by atoms with Gasteiger partial charge in [-0.1, -0.05) is 0 Å². The van der Waals surface area contributed by atoms with Crippen LogP contribution in [0.1, 0.15) is 5.76 Å². The van der Waals surface area contributed by atoms with Crippen molar-refractivity contribution in [1.29, 1.82) is 0 Å². The Bertz CT molecular complexity index is 483. The number of nitrogens with one attached hydrogen (secondary N) is 1. The predicted molar refractivity (Wildman–Crippen MR) is 63.4 cm³/mol. The number of nitrogens with zero attached hydrogens (tertiary/aromatic N) is 1. The summed E-state index contributed by atoms with van der Waals surface area (Å²) in [6.07, 6.45) is 1.65. The van der Waals surface area contributed by atoms with Gasteiger partial charge in [0.25, 0.3) is 0 Å². The van der Waals surface area contributed by atoms with Gasteiger partial charge >= 0.3 is 0 Å². The summed E-state index contributed by atoms with van der Waals surface area (Å²) in [5.41, 5.74) is 0. The van der Waals surface area contributed by atoms with Crippen molar-refractivity contribution in [1.82, 2.24) is 10.2 Å². The number of fused-ring (bicyclic) bond motifs is 1. The second kappa shape index (κ2) is 4.12. The van der Waals surface area contributed by atoms with Gasteiger partial charge in [0.1, 0.15) is 5.76 Å². The third-order valence-electron chi connectivity index (χ3n) is 3.54. The van der Waals surface area contributed by atoms with E-state index in [0.717, 1.165) is 18.8 Å². The molecule has 2 fully saturated rings. The fourth-order valence-corrected chi connectivity index (χ4v) is 4.73. The third-order valence-corrected chi connectivity index (χ3v) is 5.25. The van der Waals surface area contributed by atoms with Crippen molar-refractivity contribution in [2.45, 2.75) is 18.6 Å². The minimum absolute atomic E-state index is 0.0868. The molecule has 6 heteroatoms. The lowest BCUT2D eigenvalue weighted by Crippen LogP contribution is -2.56. The number of sulfone groups is 1. The van der Waals surface area contributed by atoms with Crippen molar-refractivity contribution in [2.75, 3.05) is 24.6 Å². The second-order valence-corrected chi connectivity index (χ2v) is 6.91. The predicted octanol–water partition coefficient (Wildman–Crippen LogP) is -0.150. The van der Waals surface area contributed by atoms with Gasteiger partial charge in [0, 0.05) is 25.2 Å². The van der Waals surface area contributed by atoms with E-state index < -0.39 is 9.84 Å². The standard InChI is InChI=1S/C11H16N2O3S/c14-17(15)7-10-11(8-17)13(4-3-12-10)6-9-2-1-5-16-9/h1-2,5,10-12H,3-4,6-8H2. The number of hydrogen-bond acceptors (Lipinski definition) is 5. The first-order valence-corrected chi connectivity index (χ1v) is 7.66. The zero-order valence-electron chi connectivity index (χ0n) is 9.50. The van der Waals surface area contributed by atoms with Crippen molar-refractivity contribution in [3.05, 3.63) is 24.2 Å². The van der Waals surface area contributed by atoms with E-state index in [4.69, 9.17) is 4.42 Å². The molecule has 17 heavy (non-hydrogen) atoms. The Morgan fingerprint density at radius 3 is 3.12 bits per heavy atom. The largest absolute Gasteiger partial charge is 0.468 e. The maximum absolute atomic E-state index is 11.7. The minimum Gasteiger partial charge on any atom is -0.468 e. The second-order valence-electron chi connectivity index (χ2n) is 4.75. The summed E-state index contributed by atoms with van der Waals surface area (Å²) in [4.78, 5) is 2.21. The van der Waals surface area contributed by atoms with Gasteiger partial charge in [-0.25, -0.2) is 8.42 Å². The van der Waals surface area contributed by atoms with Crippen molar-refractivity contribution < 1.29 is 12.8 Å². The Labute approximate surface area is 101 Å². The van der Waals surface area contributed by atoms with Gasteiger partial charge in [0.15, 0.2) is 9.84 Å². The van der Waals surface area contributed by atoms with Gasteiger partial charge in [0.2, 0.25) is 0 Å². The van der Waals surface area contributed by atoms with Crippen LogP contribution in [0.2, 0.25) is 0 Å². The molecule has 0 amide bonds. The summed E-state index contributed by atoms with van der Waals surface area (Å²) in [7, 11) is -2.88. The molecule has 2 aliphatic rings. The van der Waals surface area contributed by atoms with Gasteiger partial charge in [0.05, 0.1) is 24.3 Å². The monoisotopic (exact) mass is 256 g/mol. The van der Waals surface area contributed by atoms with Crippen LogP contribution in [0, 0.1) is 0 Å². The van der Waals surface area contributed by atoms with E-state index in [1.54, 1.807) is 6.26 Å². The molecule has 2 aliphatic heterocycles. The van der Waals surface area contributed by atoms with E-state index >= 15 is 0 Å². The smallest absolute Gasteiger partial charge is 0.153 e. The fraction of sp³-hybridized carbons (Fsp3) is 0.636. The van der Waals surface area contributed by atoms with Gasteiger partial charge in [-0.3, -0.25) is 4.90 Å². The highest BCUT2D eigenvalue weighted by Crippen LogP contribution is 2.22. The molecule has 0 spiro atoms. The van der Waals surface area contributed by atoms with Crippen LogP contribution in [-0.4, -0.2) is 50.0 Å². The van der Waals surface area contributed by atoms with Crippen molar-refractivity contribution in [3.8, 4) is 0 Å². The van der Waals surface area contributed by atoms with E-state index in [1.165, 1.54) is 0 Å². The van der Waals surface area contributed by atoms with Crippen LogP contribution in [0.5, 0.6) is 0 Å². The summed E-state index contributed by atoms with van der Waals surface area (Å²) in [5, 5.41) is 3.29. The molecule has 0 saturated carbocycles. The van der Waals surface area contributed by atoms with Crippen molar-refractivity contribution in [2.24, 2.45) is 0 Å². The molecule has 94 valence electrons. The van der Waals surface area contributed by atoms with Crippen LogP contribution in [-0.2, 0) is 16.4 Å². The van der Waals surface area contributed by atoms with Crippen LogP contribution in [0.25, 0.3) is 0 Å². The molecule has 1 N–H and O–H groups in total. The molecule has 2 saturated heterocycles. The first kappa shape index (κ1) is 11.3. The van der Waals surface area contributed by atoms with Gasteiger partial charge in [-0.15, -0.1) is 0 Å². The maximum Gasteiger partial charge on any atom is 0.153 e. The molecular weight excluding hydrogens is 240 g/mol. The lowest BCUT2D eigenvalue weighted by atomic mass is 10.1. The average molecular weight is 256 g/mol. The van der Waals surface area contributed by atoms with Crippen LogP contribution >= 0.6 is 0 Å². The van der Waals surface area contributed by atoms with Crippen LogP contribution < -0.4 is 5.32 Å². The SMILES string of the molecule is O=S1(=O)CC2NCCN(Cc3ccco3)C2C1. The highest BCUT2D eigenvalue weighted by atomic mass is 32.2. The van der Waals surface area contributed by atoms with Crippen LogP contribution in [0.4, 0.5) is 0 Å². The van der Waals surface area contributed by atoms with E-state index in [1.807, 2.05) is 12.1 Å². The molecule has 5 nitrogen and oxygen atoms in total. The van der Waals surface area contributed by atoms with Crippen molar-refractivity contribution in [3.63, 3.8) is 0 Å². The maximum atomic E-state index is 11.7. The van der Waals surface area contributed by atoms with Crippen LogP contribution in [0.3, 0.4) is 0 Å². The highest BCUT2D eigenvalue weighted by Gasteiger charge is 2.42. The van der Waals surface area contributed by atoms with Gasteiger partial charge in [-0.05, 0) is 12.1 Å². The number of rotatable bonds is 2. The normalized spacial score (nSPS) is 32.5. The first-order chi connectivity index (χ1) is 8.14. The van der Waals surface area contributed by atoms with Gasteiger partial charge < -0.3 is 9.73 Å².